The molecule has 1 aliphatic rings. The van der Waals surface area contributed by atoms with E-state index in [1.807, 2.05) is 0 Å². The molecule has 1 heterocycles. The predicted molar refractivity (Wildman–Crippen MR) is 110 cm³/mol. The molecule has 0 saturated carbocycles. The first-order valence-electron chi connectivity index (χ1n) is 10.0. The molecule has 24 heavy (non-hydrogen) atoms. The van der Waals surface area contributed by atoms with Crippen LogP contribution >= 0.6 is 8.88 Å². The average molecular weight is 359 g/mol. The van der Waals surface area contributed by atoms with Crippen molar-refractivity contribution in [2.45, 2.75) is 48.0 Å². The van der Waals surface area contributed by atoms with Gasteiger partial charge in [-0.15, -0.1) is 0 Å². The van der Waals surface area contributed by atoms with E-state index >= 15 is 0 Å². The summed E-state index contributed by atoms with van der Waals surface area (Å²) in [5, 5.41) is 3.63. The van der Waals surface area contributed by atoms with E-state index in [1.165, 1.54) is 58.8 Å². The zero-order chi connectivity index (χ0) is 17.9. The molecule has 5 heteroatoms. The van der Waals surface area contributed by atoms with Crippen LogP contribution in [-0.4, -0.2) is 73.4 Å². The smallest absolute Gasteiger partial charge is 0.0212 e. The summed E-state index contributed by atoms with van der Waals surface area (Å²) in [4.78, 5) is 5.34. The molecular weight excluding hydrogens is 315 g/mol. The van der Waals surface area contributed by atoms with Gasteiger partial charge in [-0.25, -0.2) is 0 Å². The number of hydrogen-bond donors (Lipinski definition) is 1. The molecule has 0 aromatic carbocycles. The van der Waals surface area contributed by atoms with E-state index in [9.17, 15) is 0 Å². The molecule has 144 valence electrons. The van der Waals surface area contributed by atoms with Gasteiger partial charge in [-0.3, -0.25) is 14.7 Å². The van der Waals surface area contributed by atoms with Gasteiger partial charge in [-0.2, -0.15) is 0 Å². The Morgan fingerprint density at radius 1 is 0.917 bits per heavy atom. The highest BCUT2D eigenvalue weighted by Gasteiger charge is 2.15. The van der Waals surface area contributed by atoms with Crippen molar-refractivity contribution < 1.29 is 0 Å². The maximum atomic E-state index is 3.63. The molecule has 4 nitrogen and oxygen atoms in total. The molecule has 0 radical (unpaired) electrons. The average Bonchev–Trinajstić information content (AvgIpc) is 2.45. The van der Waals surface area contributed by atoms with Crippen molar-refractivity contribution in [1.82, 2.24) is 19.6 Å². The van der Waals surface area contributed by atoms with Crippen molar-refractivity contribution >= 4 is 8.88 Å². The summed E-state index contributed by atoms with van der Waals surface area (Å²) in [6.45, 7) is 24.9. The minimum absolute atomic E-state index is 0.754. The van der Waals surface area contributed by atoms with E-state index < -0.39 is 0 Å². The number of nitrogens with one attached hydrogen (secondary N) is 1. The van der Waals surface area contributed by atoms with E-state index in [0.29, 0.717) is 0 Å². The van der Waals surface area contributed by atoms with E-state index in [1.54, 1.807) is 0 Å². The van der Waals surface area contributed by atoms with Gasteiger partial charge < -0.3 is 4.90 Å². The first-order valence-corrected chi connectivity index (χ1v) is 11.0. The zero-order valence-electron chi connectivity index (χ0n) is 17.1. The fourth-order valence-electron chi connectivity index (χ4n) is 3.15. The van der Waals surface area contributed by atoms with Crippen LogP contribution in [0.3, 0.4) is 0 Å². The van der Waals surface area contributed by atoms with Crippen LogP contribution in [-0.2, 0) is 0 Å². The highest BCUT2D eigenvalue weighted by atomic mass is 31.1. The van der Waals surface area contributed by atoms with Gasteiger partial charge in [0, 0.05) is 61.2 Å². The van der Waals surface area contributed by atoms with Crippen molar-refractivity contribution in [3.63, 3.8) is 0 Å². The Kier molecular flexibility index (Phi) is 11.7. The van der Waals surface area contributed by atoms with Crippen molar-refractivity contribution in [2.75, 3.05) is 58.9 Å². The maximum Gasteiger partial charge on any atom is 0.0212 e. The van der Waals surface area contributed by atoms with Gasteiger partial charge in [0.05, 0.1) is 0 Å². The summed E-state index contributed by atoms with van der Waals surface area (Å²) in [6, 6.07) is 0. The van der Waals surface area contributed by atoms with Crippen LogP contribution in [0.1, 0.15) is 48.0 Å². The lowest BCUT2D eigenvalue weighted by molar-refractivity contribution is 0.176. The van der Waals surface area contributed by atoms with E-state index in [-0.39, 0.29) is 0 Å². The highest BCUT2D eigenvalue weighted by molar-refractivity contribution is 7.32. The summed E-state index contributed by atoms with van der Waals surface area (Å²) in [7, 11) is 0.801. The van der Waals surface area contributed by atoms with Crippen LogP contribution in [0.4, 0.5) is 0 Å². The largest absolute Gasteiger partial charge is 0.302 e. The Morgan fingerprint density at radius 2 is 1.67 bits per heavy atom. The molecule has 1 N–H and O–H groups in total. The van der Waals surface area contributed by atoms with E-state index in [0.717, 1.165) is 33.2 Å². The molecule has 1 rings (SSSR count). The third-order valence-corrected chi connectivity index (χ3v) is 5.57. The second kappa shape index (κ2) is 12.6. The van der Waals surface area contributed by atoms with Crippen LogP contribution < -0.4 is 5.09 Å². The molecule has 1 fully saturated rings. The second-order valence-corrected chi connectivity index (χ2v) is 9.81. The van der Waals surface area contributed by atoms with Crippen LogP contribution in [0, 0.1) is 17.8 Å². The van der Waals surface area contributed by atoms with Gasteiger partial charge in [-0.1, -0.05) is 41.5 Å². The lowest BCUT2D eigenvalue weighted by Gasteiger charge is -2.33. The predicted octanol–water partition coefficient (Wildman–Crippen LogP) is 3.36. The number of nitrogens with zero attached hydrogens (tertiary/aromatic N) is 3. The third-order valence-electron chi connectivity index (χ3n) is 4.44. The lowest BCUT2D eigenvalue weighted by Crippen LogP contribution is -2.44. The van der Waals surface area contributed by atoms with Crippen molar-refractivity contribution in [2.24, 2.45) is 17.8 Å². The Morgan fingerprint density at radius 3 is 2.29 bits per heavy atom. The number of hydrogen-bond acceptors (Lipinski definition) is 4. The monoisotopic (exact) mass is 358 g/mol. The van der Waals surface area contributed by atoms with Crippen LogP contribution in [0.25, 0.3) is 0 Å². The second-order valence-electron chi connectivity index (χ2n) is 8.60. The van der Waals surface area contributed by atoms with Gasteiger partial charge in [-0.05, 0) is 30.7 Å². The summed E-state index contributed by atoms with van der Waals surface area (Å²) < 4.78 is 2.60. The van der Waals surface area contributed by atoms with Gasteiger partial charge in [0.2, 0.25) is 0 Å². The summed E-state index contributed by atoms with van der Waals surface area (Å²) in [6.07, 6.45) is 1.32. The van der Waals surface area contributed by atoms with Gasteiger partial charge in [0.25, 0.3) is 0 Å². The molecule has 1 atom stereocenters. The van der Waals surface area contributed by atoms with Gasteiger partial charge in [0.15, 0.2) is 0 Å². The summed E-state index contributed by atoms with van der Waals surface area (Å²) in [5.74, 6) is 2.31. The molecule has 0 aromatic rings. The zero-order valence-corrected chi connectivity index (χ0v) is 18.1. The number of rotatable bonds is 10. The van der Waals surface area contributed by atoms with Crippen LogP contribution in [0.5, 0.6) is 0 Å². The first kappa shape index (κ1) is 22.3. The fraction of sp³-hybridized carbons (Fsp3) is 1.00. The Balaban J connectivity index is 2.40. The van der Waals surface area contributed by atoms with Gasteiger partial charge >= 0.3 is 0 Å². The SMILES string of the molecule is CC(C)CCN(CCN1CCNPN(CC(C)C)CC1)CC(C)C. The Bertz CT molecular complexity index is 310. The third kappa shape index (κ3) is 11.0. The van der Waals surface area contributed by atoms with Crippen molar-refractivity contribution in [3.05, 3.63) is 0 Å². The molecule has 0 amide bonds. The maximum absolute atomic E-state index is 3.63. The van der Waals surface area contributed by atoms with Gasteiger partial charge in [0.1, 0.15) is 0 Å². The van der Waals surface area contributed by atoms with Crippen molar-refractivity contribution in [3.8, 4) is 0 Å². The van der Waals surface area contributed by atoms with E-state index in [4.69, 9.17) is 0 Å². The Labute approximate surface area is 153 Å². The lowest BCUT2D eigenvalue weighted by atomic mass is 10.1. The first-order chi connectivity index (χ1) is 11.4. The fourth-order valence-corrected chi connectivity index (χ4v) is 4.26. The topological polar surface area (TPSA) is 21.8 Å². The standard InChI is InChI=1S/C19H43N4P/c1-17(2)7-9-22(15-18(3)4)12-11-21-10-8-20-24-23(14-13-21)16-19(5)6/h17-20,24H,7-16H2,1-6H3. The molecule has 1 unspecified atom stereocenters. The Hall–Kier alpha value is 0.270. The van der Waals surface area contributed by atoms with E-state index in [2.05, 4.69) is 61.1 Å². The molecule has 0 aliphatic carbocycles. The quantitative estimate of drug-likeness (QED) is 0.605. The highest BCUT2D eigenvalue weighted by Crippen LogP contribution is 2.16. The molecule has 0 aromatic heterocycles. The summed E-state index contributed by atoms with van der Waals surface area (Å²) >= 11 is 0. The van der Waals surface area contributed by atoms with Crippen molar-refractivity contribution in [1.29, 1.82) is 0 Å². The molecule has 1 aliphatic heterocycles. The molecular formula is C19H43N4P. The van der Waals surface area contributed by atoms with Crippen LogP contribution in [0.2, 0.25) is 0 Å². The molecule has 1 saturated heterocycles. The summed E-state index contributed by atoms with van der Waals surface area (Å²) in [5.41, 5.74) is 0. The van der Waals surface area contributed by atoms with Crippen LogP contribution in [0.15, 0.2) is 0 Å². The molecule has 0 bridgehead atoms. The minimum Gasteiger partial charge on any atom is -0.302 e. The normalized spacial score (nSPS) is 19.8. The minimum atomic E-state index is 0.754. The molecule has 0 spiro atoms.